The van der Waals surface area contributed by atoms with E-state index in [0.717, 1.165) is 84.5 Å². The number of benzene rings is 2. The highest BCUT2D eigenvalue weighted by atomic mass is 16.6. The number of non-ortho nitro benzene ring substituents is 2. The molecule has 50 heavy (non-hydrogen) atoms. The number of aliphatic hydroxyl groups is 4. The highest BCUT2D eigenvalue weighted by molar-refractivity contribution is 5.47. The summed E-state index contributed by atoms with van der Waals surface area (Å²) in [6.45, 7) is 2.23. The quantitative estimate of drug-likeness (QED) is 0.176. The molecule has 0 heterocycles. The molecule has 0 amide bonds. The Bertz CT molecular complexity index is 1140. The zero-order valence-electron chi connectivity index (χ0n) is 30.3. The van der Waals surface area contributed by atoms with E-state index in [9.17, 15) is 30.4 Å². The highest BCUT2D eigenvalue weighted by Gasteiger charge is 2.22. The third-order valence-corrected chi connectivity index (χ3v) is 8.09. The van der Waals surface area contributed by atoms with Gasteiger partial charge in [-0.05, 0) is 80.5 Å². The Kier molecular flexibility index (Phi) is 21.9. The number of likely N-dealkylation sites (N-methyl/N-ethyl adjacent to an activating group) is 2. The summed E-state index contributed by atoms with van der Waals surface area (Å²) in [5.74, 6) is 0.897. The van der Waals surface area contributed by atoms with Gasteiger partial charge >= 0.3 is 0 Å². The van der Waals surface area contributed by atoms with Crippen molar-refractivity contribution in [1.29, 1.82) is 0 Å². The lowest BCUT2D eigenvalue weighted by Crippen LogP contribution is -2.37. The Hall–Kier alpha value is -3.73. The summed E-state index contributed by atoms with van der Waals surface area (Å²) in [4.78, 5) is 28.6. The predicted octanol–water partition coefficient (Wildman–Crippen LogP) is 2.15. The molecule has 2 aliphatic rings. The van der Waals surface area contributed by atoms with Crippen LogP contribution in [-0.2, 0) is 0 Å². The van der Waals surface area contributed by atoms with Crippen molar-refractivity contribution in [2.45, 2.75) is 75.4 Å². The van der Waals surface area contributed by atoms with E-state index in [0.29, 0.717) is 11.8 Å². The van der Waals surface area contributed by atoms with Gasteiger partial charge < -0.3 is 44.4 Å². The smallest absolute Gasteiger partial charge is 0.269 e. The maximum absolute atomic E-state index is 10.5. The molecule has 2 aliphatic carbocycles. The van der Waals surface area contributed by atoms with Crippen LogP contribution >= 0.6 is 0 Å². The fraction of sp³-hybridized carbons (Fsp3) is 0.629. The van der Waals surface area contributed by atoms with Gasteiger partial charge in [-0.1, -0.05) is 24.3 Å². The maximum atomic E-state index is 10.5. The monoisotopic (exact) mass is 710 g/mol. The lowest BCUT2D eigenvalue weighted by atomic mass is 9.83. The van der Waals surface area contributed by atoms with Crippen LogP contribution in [0.4, 0.5) is 16.2 Å². The van der Waals surface area contributed by atoms with Crippen molar-refractivity contribution in [2.75, 3.05) is 68.6 Å². The minimum atomic E-state index is -2.33. The summed E-state index contributed by atoms with van der Waals surface area (Å²) in [6, 6.07) is 13.6. The third kappa shape index (κ3) is 22.8. The molecular weight excluding hydrogens is 652 g/mol. The lowest BCUT2D eigenvalue weighted by Gasteiger charge is -2.25. The maximum Gasteiger partial charge on any atom is 0.269 e. The van der Waals surface area contributed by atoms with Gasteiger partial charge in [0.1, 0.15) is 13.1 Å². The second kappa shape index (κ2) is 23.6. The lowest BCUT2D eigenvalue weighted by molar-refractivity contribution is -0.870. The molecule has 0 atom stereocenters. The van der Waals surface area contributed by atoms with E-state index in [1.54, 1.807) is 24.3 Å². The summed E-state index contributed by atoms with van der Waals surface area (Å²) in [6.07, 6.45) is 4.58. The largest absolute Gasteiger partial charge is 0.652 e. The van der Waals surface area contributed by atoms with Crippen molar-refractivity contribution in [1.82, 2.24) is 0 Å². The Morgan fingerprint density at radius 3 is 1.00 bits per heavy atom. The van der Waals surface area contributed by atoms with Crippen LogP contribution in [0.1, 0.15) is 74.3 Å². The van der Waals surface area contributed by atoms with Crippen molar-refractivity contribution in [3.63, 3.8) is 0 Å². The molecule has 0 aromatic heterocycles. The second-order valence-corrected chi connectivity index (χ2v) is 14.4. The summed E-state index contributed by atoms with van der Waals surface area (Å²) in [5.41, 5.74) is 2.58. The van der Waals surface area contributed by atoms with E-state index in [1.807, 2.05) is 24.3 Å². The number of carboxylic acid groups (broad SMARTS) is 2. The molecule has 2 aromatic rings. The number of hydrogen-bond donors (Lipinski definition) is 4. The van der Waals surface area contributed by atoms with Gasteiger partial charge in [0.05, 0.1) is 77.6 Å². The molecule has 0 aliphatic heterocycles. The zero-order chi connectivity index (χ0) is 38.5. The number of hydrogen-bond acceptors (Lipinski definition) is 11. The van der Waals surface area contributed by atoms with Crippen molar-refractivity contribution in [2.24, 2.45) is 0 Å². The summed E-state index contributed by atoms with van der Waals surface area (Å²) in [7, 11) is 12.3. The average molecular weight is 711 g/mol. The van der Waals surface area contributed by atoms with E-state index >= 15 is 0 Å². The molecule has 4 N–H and O–H groups in total. The predicted molar refractivity (Wildman–Crippen MR) is 186 cm³/mol. The van der Waals surface area contributed by atoms with Crippen LogP contribution in [0.15, 0.2) is 48.5 Å². The average Bonchev–Trinajstić information content (AvgIpc) is 3.01. The minimum absolute atomic E-state index is 0.139. The number of aliphatic hydroxyl groups excluding tert-OH is 4. The van der Waals surface area contributed by atoms with Crippen LogP contribution in [0.3, 0.4) is 0 Å². The summed E-state index contributed by atoms with van der Waals surface area (Å²) < 4.78 is 1.69. The van der Waals surface area contributed by atoms with E-state index < -0.39 is 6.16 Å². The van der Waals surface area contributed by atoms with Crippen molar-refractivity contribution >= 4 is 17.5 Å². The number of nitrogens with zero attached hydrogens (tertiary/aromatic N) is 4. The van der Waals surface area contributed by atoms with E-state index in [-0.39, 0.29) is 46.6 Å². The Morgan fingerprint density at radius 2 is 0.840 bits per heavy atom. The molecule has 0 radical (unpaired) electrons. The van der Waals surface area contributed by atoms with Crippen LogP contribution in [0, 0.1) is 20.2 Å². The van der Waals surface area contributed by atoms with Crippen LogP contribution in [0.2, 0.25) is 0 Å². The van der Waals surface area contributed by atoms with Crippen molar-refractivity contribution < 1.29 is 54.2 Å². The van der Waals surface area contributed by atoms with Gasteiger partial charge in [0.15, 0.2) is 0 Å². The fourth-order valence-corrected chi connectivity index (χ4v) is 5.15. The standard InChI is InChI=1S/2C12H15NO3.2C5H14NO.CH2O3/c2*14-12-7-3-10(4-8-12)9-1-5-11(6-2-9)13(15)16;2*1-6(2,3)4-5-7;2-1(3)4/h2*1-2,5-6,10,12,14H,3-4,7-8H2;2*7H,4-5H2,1-3H3;(H2,2,3,4)/q;;2*+1;/p-2. The van der Waals surface area contributed by atoms with Crippen LogP contribution in [-0.4, -0.2) is 126 Å². The molecule has 2 aromatic carbocycles. The van der Waals surface area contributed by atoms with Crippen LogP contribution in [0.25, 0.3) is 0 Å². The molecule has 15 heteroatoms. The molecule has 284 valence electrons. The number of carbonyl (C=O) groups excluding carboxylic acids is 1. The molecule has 2 fully saturated rings. The molecule has 0 spiro atoms. The van der Waals surface area contributed by atoms with Gasteiger partial charge in [0.2, 0.25) is 0 Å². The number of nitro benzene ring substituents is 2. The van der Waals surface area contributed by atoms with Crippen LogP contribution in [0.5, 0.6) is 0 Å². The van der Waals surface area contributed by atoms with Crippen molar-refractivity contribution in [3.8, 4) is 0 Å². The summed E-state index contributed by atoms with van der Waals surface area (Å²) >= 11 is 0. The van der Waals surface area contributed by atoms with Gasteiger partial charge in [0, 0.05) is 24.3 Å². The van der Waals surface area contributed by atoms with Crippen molar-refractivity contribution in [3.05, 3.63) is 79.9 Å². The van der Waals surface area contributed by atoms with Crippen LogP contribution < -0.4 is 10.2 Å². The SMILES string of the molecule is C[N+](C)(C)CCO.C[N+](C)(C)CCO.O=C([O-])[O-].O=[N+]([O-])c1ccc(C2CCC(O)CC2)cc1.O=[N+]([O-])c1ccc(C2CCC(O)CC2)cc1. The number of carbonyl (C=O) groups is 1. The highest BCUT2D eigenvalue weighted by Crippen LogP contribution is 2.34. The molecule has 2 saturated carbocycles. The van der Waals surface area contributed by atoms with E-state index in [1.165, 1.54) is 0 Å². The first kappa shape index (κ1) is 46.3. The number of rotatable bonds is 8. The normalized spacial score (nSPS) is 20.0. The molecule has 4 rings (SSSR count). The Morgan fingerprint density at radius 1 is 0.600 bits per heavy atom. The Labute approximate surface area is 295 Å². The van der Waals surface area contributed by atoms with Gasteiger partial charge in [-0.25, -0.2) is 0 Å². The summed E-state index contributed by atoms with van der Waals surface area (Å²) in [5, 5.41) is 73.3. The molecule has 0 bridgehead atoms. The van der Waals surface area contributed by atoms with Gasteiger partial charge in [-0.15, -0.1) is 0 Å². The molecule has 0 unspecified atom stereocenters. The first-order valence-corrected chi connectivity index (χ1v) is 16.7. The molecule has 0 saturated heterocycles. The number of nitro groups is 2. The Balaban J connectivity index is 0.000000659. The fourth-order valence-electron chi connectivity index (χ4n) is 5.15. The molecular formula is C35H58N4O11. The minimum Gasteiger partial charge on any atom is -0.652 e. The zero-order valence-corrected chi connectivity index (χ0v) is 30.3. The van der Waals surface area contributed by atoms with E-state index in [2.05, 4.69) is 42.3 Å². The second-order valence-electron chi connectivity index (χ2n) is 14.4. The van der Waals surface area contributed by atoms with Gasteiger partial charge in [0.25, 0.3) is 11.4 Å². The molecule has 15 nitrogen and oxygen atoms in total. The topological polar surface area (TPSA) is 230 Å². The third-order valence-electron chi connectivity index (χ3n) is 8.09. The number of quaternary nitrogens is 2. The van der Waals surface area contributed by atoms with Gasteiger partial charge in [-0.2, -0.15) is 0 Å². The van der Waals surface area contributed by atoms with E-state index in [4.69, 9.17) is 25.2 Å². The first-order valence-electron chi connectivity index (χ1n) is 16.7. The first-order chi connectivity index (χ1) is 23.2. The van der Waals surface area contributed by atoms with Gasteiger partial charge in [-0.3, -0.25) is 20.2 Å².